The van der Waals surface area contributed by atoms with Gasteiger partial charge in [0.25, 0.3) is 0 Å². The lowest BCUT2D eigenvalue weighted by Crippen LogP contribution is -2.46. The highest BCUT2D eigenvalue weighted by molar-refractivity contribution is 7.10. The molecule has 5 heteroatoms. The number of nitrogens with one attached hydrogen (secondary N) is 1. The van der Waals surface area contributed by atoms with Crippen LogP contribution in [0.15, 0.2) is 35.7 Å². The highest BCUT2D eigenvalue weighted by atomic mass is 32.1. The van der Waals surface area contributed by atoms with Crippen LogP contribution in [-0.4, -0.2) is 17.4 Å². The number of hydrogen-bond donors (Lipinski definition) is 2. The van der Waals surface area contributed by atoms with Crippen LogP contribution in [0, 0.1) is 5.41 Å². The minimum atomic E-state index is -0.478. The van der Waals surface area contributed by atoms with Gasteiger partial charge < -0.3 is 11.1 Å². The molecule has 1 heterocycles. The number of benzene rings is 1. The molecule has 1 atom stereocenters. The molecule has 4 nitrogen and oxygen atoms in total. The van der Waals surface area contributed by atoms with Crippen molar-refractivity contribution >= 4 is 17.2 Å². The molecule has 23 heavy (non-hydrogen) atoms. The van der Waals surface area contributed by atoms with E-state index >= 15 is 0 Å². The highest BCUT2D eigenvalue weighted by Crippen LogP contribution is 2.28. The quantitative estimate of drug-likeness (QED) is 0.812. The average Bonchev–Trinajstić information content (AvgIpc) is 3.08. The van der Waals surface area contributed by atoms with Gasteiger partial charge >= 0.3 is 0 Å². The fraction of sp³-hybridized carbons (Fsp3) is 0.444. The maximum absolute atomic E-state index is 12.6. The zero-order valence-corrected chi connectivity index (χ0v) is 14.8. The molecular weight excluding hydrogens is 306 g/mol. The standard InChI is InChI=1S/C18H25N3OS/c1-4-18(5-2,12-19)17(22)20-13(3)16-21-15(11-23-16)14-9-7-6-8-10-14/h6-11,13H,4-5,12,19H2,1-3H3,(H,20,22). The smallest absolute Gasteiger partial charge is 0.228 e. The monoisotopic (exact) mass is 331 g/mol. The van der Waals surface area contributed by atoms with Gasteiger partial charge in [-0.2, -0.15) is 0 Å². The molecular formula is C18H25N3OS. The van der Waals surface area contributed by atoms with Crippen molar-refractivity contribution in [3.05, 3.63) is 40.7 Å². The third kappa shape index (κ3) is 3.79. The minimum Gasteiger partial charge on any atom is -0.347 e. The van der Waals surface area contributed by atoms with Crippen molar-refractivity contribution in [2.75, 3.05) is 6.54 Å². The number of thiazole rings is 1. The zero-order valence-electron chi connectivity index (χ0n) is 14.0. The summed E-state index contributed by atoms with van der Waals surface area (Å²) in [6.07, 6.45) is 1.48. The Bertz CT molecular complexity index is 626. The summed E-state index contributed by atoms with van der Waals surface area (Å²) in [6.45, 7) is 6.36. The summed E-state index contributed by atoms with van der Waals surface area (Å²) in [7, 11) is 0. The molecule has 0 aliphatic rings. The molecule has 0 aliphatic carbocycles. The third-order valence-electron chi connectivity index (χ3n) is 4.54. The van der Waals surface area contributed by atoms with Crippen molar-refractivity contribution in [3.63, 3.8) is 0 Å². The van der Waals surface area contributed by atoms with E-state index in [1.807, 2.05) is 56.5 Å². The highest BCUT2D eigenvalue weighted by Gasteiger charge is 2.34. The van der Waals surface area contributed by atoms with Crippen LogP contribution in [0.25, 0.3) is 11.3 Å². The lowest BCUT2D eigenvalue weighted by atomic mass is 9.81. The van der Waals surface area contributed by atoms with Crippen LogP contribution in [-0.2, 0) is 4.79 Å². The van der Waals surface area contributed by atoms with Crippen LogP contribution in [0.4, 0.5) is 0 Å². The maximum Gasteiger partial charge on any atom is 0.228 e. The van der Waals surface area contributed by atoms with E-state index in [0.29, 0.717) is 6.54 Å². The van der Waals surface area contributed by atoms with Crippen LogP contribution in [0.3, 0.4) is 0 Å². The number of carbonyl (C=O) groups is 1. The summed E-state index contributed by atoms with van der Waals surface area (Å²) >= 11 is 1.57. The van der Waals surface area contributed by atoms with Crippen molar-refractivity contribution in [2.24, 2.45) is 11.1 Å². The predicted molar refractivity (Wildman–Crippen MR) is 96.2 cm³/mol. The van der Waals surface area contributed by atoms with Crippen LogP contribution >= 0.6 is 11.3 Å². The second-order valence-corrected chi connectivity index (χ2v) is 6.71. The van der Waals surface area contributed by atoms with E-state index in [1.165, 1.54) is 0 Å². The number of hydrogen-bond acceptors (Lipinski definition) is 4. The van der Waals surface area contributed by atoms with Crippen LogP contribution in [0.1, 0.15) is 44.7 Å². The lowest BCUT2D eigenvalue weighted by molar-refractivity contribution is -0.131. The van der Waals surface area contributed by atoms with E-state index in [4.69, 9.17) is 5.73 Å². The molecule has 1 amide bonds. The first-order valence-electron chi connectivity index (χ1n) is 8.08. The van der Waals surface area contributed by atoms with Gasteiger partial charge in [0.15, 0.2) is 0 Å². The number of nitrogens with two attached hydrogens (primary N) is 1. The maximum atomic E-state index is 12.6. The molecule has 1 aromatic heterocycles. The van der Waals surface area contributed by atoms with E-state index in [9.17, 15) is 4.79 Å². The van der Waals surface area contributed by atoms with Gasteiger partial charge in [-0.15, -0.1) is 11.3 Å². The molecule has 2 aromatic rings. The van der Waals surface area contributed by atoms with E-state index in [2.05, 4.69) is 10.3 Å². The Morgan fingerprint density at radius 3 is 2.52 bits per heavy atom. The summed E-state index contributed by atoms with van der Waals surface area (Å²) < 4.78 is 0. The molecule has 2 rings (SSSR count). The lowest BCUT2D eigenvalue weighted by Gasteiger charge is -2.29. The first-order valence-corrected chi connectivity index (χ1v) is 8.96. The van der Waals surface area contributed by atoms with Crippen molar-refractivity contribution in [3.8, 4) is 11.3 Å². The fourth-order valence-corrected chi connectivity index (χ4v) is 3.43. The molecule has 0 spiro atoms. The van der Waals surface area contributed by atoms with Crippen molar-refractivity contribution in [1.29, 1.82) is 0 Å². The first-order chi connectivity index (χ1) is 11.1. The Hall–Kier alpha value is -1.72. The average molecular weight is 331 g/mol. The summed E-state index contributed by atoms with van der Waals surface area (Å²) in [6, 6.07) is 9.94. The predicted octanol–water partition coefficient (Wildman–Crippen LogP) is 3.75. The number of amides is 1. The molecule has 0 aliphatic heterocycles. The summed E-state index contributed by atoms with van der Waals surface area (Å²) in [5.41, 5.74) is 7.41. The summed E-state index contributed by atoms with van der Waals surface area (Å²) in [5.74, 6) is 0.0222. The van der Waals surface area contributed by atoms with Gasteiger partial charge in [-0.3, -0.25) is 4.79 Å². The Kier molecular flexibility index (Phi) is 5.91. The molecule has 3 N–H and O–H groups in total. The Morgan fingerprint density at radius 2 is 1.96 bits per heavy atom. The molecule has 124 valence electrons. The van der Waals surface area contributed by atoms with Gasteiger partial charge in [0.1, 0.15) is 5.01 Å². The molecule has 0 radical (unpaired) electrons. The summed E-state index contributed by atoms with van der Waals surface area (Å²) in [5, 5.41) is 6.03. The molecule has 1 aromatic carbocycles. The van der Waals surface area contributed by atoms with Crippen LogP contribution < -0.4 is 11.1 Å². The minimum absolute atomic E-state index is 0.0222. The van der Waals surface area contributed by atoms with Gasteiger partial charge in [0.2, 0.25) is 5.91 Å². The first kappa shape index (κ1) is 17.6. The van der Waals surface area contributed by atoms with Crippen molar-refractivity contribution in [2.45, 2.75) is 39.7 Å². The Labute approximate surface area is 142 Å². The molecule has 0 fully saturated rings. The largest absolute Gasteiger partial charge is 0.347 e. The van der Waals surface area contributed by atoms with Gasteiger partial charge in [0, 0.05) is 17.5 Å². The molecule has 0 saturated carbocycles. The van der Waals surface area contributed by atoms with Gasteiger partial charge in [-0.1, -0.05) is 44.2 Å². The third-order valence-corrected chi connectivity index (χ3v) is 5.56. The Morgan fingerprint density at radius 1 is 1.30 bits per heavy atom. The molecule has 0 saturated heterocycles. The second kappa shape index (κ2) is 7.70. The number of rotatable bonds is 7. The fourth-order valence-electron chi connectivity index (χ4n) is 2.59. The topological polar surface area (TPSA) is 68.0 Å². The van der Waals surface area contributed by atoms with E-state index in [0.717, 1.165) is 29.1 Å². The van der Waals surface area contributed by atoms with Crippen LogP contribution in [0.5, 0.6) is 0 Å². The van der Waals surface area contributed by atoms with Crippen LogP contribution in [0.2, 0.25) is 0 Å². The van der Waals surface area contributed by atoms with Gasteiger partial charge in [-0.25, -0.2) is 4.98 Å². The van der Waals surface area contributed by atoms with Crippen molar-refractivity contribution in [1.82, 2.24) is 10.3 Å². The molecule has 1 unspecified atom stereocenters. The van der Waals surface area contributed by atoms with E-state index < -0.39 is 5.41 Å². The number of carbonyl (C=O) groups excluding carboxylic acids is 1. The Balaban J connectivity index is 2.11. The van der Waals surface area contributed by atoms with E-state index in [-0.39, 0.29) is 11.9 Å². The zero-order chi connectivity index (χ0) is 16.9. The second-order valence-electron chi connectivity index (χ2n) is 5.82. The SMILES string of the molecule is CCC(CC)(CN)C(=O)NC(C)c1nc(-c2ccccc2)cs1. The summed E-state index contributed by atoms with van der Waals surface area (Å²) in [4.78, 5) is 17.3. The van der Waals surface area contributed by atoms with Gasteiger partial charge in [-0.05, 0) is 19.8 Å². The molecule has 0 bridgehead atoms. The van der Waals surface area contributed by atoms with Gasteiger partial charge in [0.05, 0.1) is 17.2 Å². The normalized spacial score (nSPS) is 12.9. The van der Waals surface area contributed by atoms with E-state index in [1.54, 1.807) is 11.3 Å². The number of aromatic nitrogens is 1. The number of nitrogens with zero attached hydrogens (tertiary/aromatic N) is 1. The van der Waals surface area contributed by atoms with Crippen molar-refractivity contribution < 1.29 is 4.79 Å².